The van der Waals surface area contributed by atoms with Crippen LogP contribution in [0.25, 0.3) is 0 Å². The summed E-state index contributed by atoms with van der Waals surface area (Å²) in [5.41, 5.74) is -1.96. The van der Waals surface area contributed by atoms with E-state index in [1.54, 1.807) is 18.2 Å². The number of alkyl halides is 1. The van der Waals surface area contributed by atoms with Crippen molar-refractivity contribution in [2.45, 2.75) is 36.2 Å². The molecule has 0 radical (unpaired) electrons. The van der Waals surface area contributed by atoms with Crippen molar-refractivity contribution in [2.24, 2.45) is 5.92 Å². The van der Waals surface area contributed by atoms with E-state index in [0.717, 1.165) is 12.8 Å². The molecule has 2 aliphatic rings. The summed E-state index contributed by atoms with van der Waals surface area (Å²) in [4.78, 5) is 12.2. The Balaban J connectivity index is 1.62. The number of carbonyl (C=O) groups excluding carboxylic acids is 1. The van der Waals surface area contributed by atoms with Gasteiger partial charge in [0.15, 0.2) is 5.67 Å². The van der Waals surface area contributed by atoms with Crippen molar-refractivity contribution < 1.29 is 17.6 Å². The van der Waals surface area contributed by atoms with E-state index >= 15 is 0 Å². The van der Waals surface area contributed by atoms with Crippen molar-refractivity contribution in [3.63, 3.8) is 0 Å². The molecule has 0 unspecified atom stereocenters. The Bertz CT molecular complexity index is 666. The van der Waals surface area contributed by atoms with Gasteiger partial charge < -0.3 is 5.32 Å². The van der Waals surface area contributed by atoms with Crippen LogP contribution < -0.4 is 5.32 Å². The molecule has 1 heterocycles. The molecule has 1 N–H and O–H groups in total. The van der Waals surface area contributed by atoms with E-state index in [9.17, 15) is 17.6 Å². The van der Waals surface area contributed by atoms with Crippen LogP contribution in [-0.4, -0.2) is 43.9 Å². The summed E-state index contributed by atoms with van der Waals surface area (Å²) in [6.07, 6.45) is 1.97. The van der Waals surface area contributed by atoms with Crippen LogP contribution in [0.1, 0.15) is 25.7 Å². The van der Waals surface area contributed by atoms with E-state index in [-0.39, 0.29) is 30.8 Å². The Morgan fingerprint density at radius 2 is 1.83 bits per heavy atom. The third-order valence-electron chi connectivity index (χ3n) is 4.55. The first-order valence-corrected chi connectivity index (χ1v) is 9.38. The highest BCUT2D eigenvalue weighted by Gasteiger charge is 2.44. The second-order valence-electron chi connectivity index (χ2n) is 6.34. The second kappa shape index (κ2) is 6.20. The lowest BCUT2D eigenvalue weighted by molar-refractivity contribution is -0.135. The van der Waals surface area contributed by atoms with Gasteiger partial charge in [0.2, 0.25) is 10.0 Å². The van der Waals surface area contributed by atoms with Gasteiger partial charge in [-0.25, -0.2) is 12.8 Å². The Labute approximate surface area is 135 Å². The van der Waals surface area contributed by atoms with Crippen molar-refractivity contribution in [3.05, 3.63) is 30.3 Å². The van der Waals surface area contributed by atoms with E-state index < -0.39 is 21.6 Å². The van der Waals surface area contributed by atoms with Crippen molar-refractivity contribution in [1.82, 2.24) is 9.62 Å². The van der Waals surface area contributed by atoms with Crippen LogP contribution in [0.4, 0.5) is 4.39 Å². The first-order chi connectivity index (χ1) is 10.9. The van der Waals surface area contributed by atoms with Crippen LogP contribution in [0.2, 0.25) is 0 Å². The average Bonchev–Trinajstić information content (AvgIpc) is 3.38. The maximum atomic E-state index is 14.8. The minimum absolute atomic E-state index is 0.0184. The van der Waals surface area contributed by atoms with Crippen molar-refractivity contribution in [2.75, 3.05) is 19.6 Å². The molecule has 7 heteroatoms. The molecule has 2 fully saturated rings. The Hall–Kier alpha value is -1.47. The van der Waals surface area contributed by atoms with Gasteiger partial charge in [0.05, 0.1) is 4.90 Å². The van der Waals surface area contributed by atoms with Crippen molar-refractivity contribution >= 4 is 15.9 Å². The topological polar surface area (TPSA) is 66.5 Å². The van der Waals surface area contributed by atoms with Gasteiger partial charge in [-0.15, -0.1) is 0 Å². The van der Waals surface area contributed by atoms with Crippen LogP contribution in [-0.2, 0) is 14.8 Å². The van der Waals surface area contributed by atoms with Gasteiger partial charge in [0.1, 0.15) is 0 Å². The summed E-state index contributed by atoms with van der Waals surface area (Å²) in [6.45, 7) is 0.561. The fourth-order valence-corrected chi connectivity index (χ4v) is 4.23. The molecule has 1 saturated carbocycles. The molecule has 1 aliphatic carbocycles. The fourth-order valence-electron chi connectivity index (χ4n) is 2.77. The summed E-state index contributed by atoms with van der Waals surface area (Å²) in [5.74, 6) is -0.109. The Kier molecular flexibility index (Phi) is 4.42. The standard InChI is InChI=1S/C16H21FN2O3S/c17-16(15(20)18-12-13-6-7-13)8-10-19(11-9-16)23(21,22)14-4-2-1-3-5-14/h1-5,13H,6-12H2,(H,18,20). The lowest BCUT2D eigenvalue weighted by atomic mass is 9.93. The maximum Gasteiger partial charge on any atom is 0.257 e. The predicted octanol–water partition coefficient (Wildman–Crippen LogP) is 1.71. The molecule has 3 rings (SSSR count). The molecular weight excluding hydrogens is 319 g/mol. The monoisotopic (exact) mass is 340 g/mol. The summed E-state index contributed by atoms with van der Waals surface area (Å²) in [6, 6.07) is 8.10. The highest BCUT2D eigenvalue weighted by molar-refractivity contribution is 7.89. The van der Waals surface area contributed by atoms with Gasteiger partial charge in [-0.2, -0.15) is 4.31 Å². The molecule has 126 valence electrons. The number of amides is 1. The fraction of sp³-hybridized carbons (Fsp3) is 0.562. The minimum atomic E-state index is -3.62. The SMILES string of the molecule is O=C(NCC1CC1)C1(F)CCN(S(=O)(=O)c2ccccc2)CC1. The molecule has 0 aromatic heterocycles. The minimum Gasteiger partial charge on any atom is -0.353 e. The number of benzene rings is 1. The lowest BCUT2D eigenvalue weighted by Gasteiger charge is -2.34. The molecular formula is C16H21FN2O3S. The first-order valence-electron chi connectivity index (χ1n) is 7.94. The summed E-state index contributed by atoms with van der Waals surface area (Å²) >= 11 is 0. The van der Waals surface area contributed by atoms with Crippen molar-refractivity contribution in [3.8, 4) is 0 Å². The summed E-state index contributed by atoms with van der Waals surface area (Å²) in [5, 5.41) is 2.66. The molecule has 1 amide bonds. The third-order valence-corrected chi connectivity index (χ3v) is 6.46. The largest absolute Gasteiger partial charge is 0.353 e. The highest BCUT2D eigenvalue weighted by atomic mass is 32.2. The Morgan fingerprint density at radius 3 is 2.39 bits per heavy atom. The number of carbonyl (C=O) groups is 1. The van der Waals surface area contributed by atoms with Crippen LogP contribution in [0.3, 0.4) is 0 Å². The van der Waals surface area contributed by atoms with Crippen molar-refractivity contribution in [1.29, 1.82) is 0 Å². The zero-order valence-corrected chi connectivity index (χ0v) is 13.7. The molecule has 23 heavy (non-hydrogen) atoms. The first kappa shape index (κ1) is 16.4. The second-order valence-corrected chi connectivity index (χ2v) is 8.27. The molecule has 1 aromatic rings. The number of hydrogen-bond donors (Lipinski definition) is 1. The zero-order chi connectivity index (χ0) is 16.5. The van der Waals surface area contributed by atoms with Crippen LogP contribution in [0.5, 0.6) is 0 Å². The number of rotatable bonds is 5. The van der Waals surface area contributed by atoms with Crippen LogP contribution in [0, 0.1) is 5.92 Å². The van der Waals surface area contributed by atoms with Crippen LogP contribution in [0.15, 0.2) is 35.2 Å². The maximum absolute atomic E-state index is 14.8. The smallest absolute Gasteiger partial charge is 0.257 e. The molecule has 5 nitrogen and oxygen atoms in total. The van der Waals surface area contributed by atoms with Gasteiger partial charge in [-0.1, -0.05) is 18.2 Å². The third kappa shape index (κ3) is 3.55. The van der Waals surface area contributed by atoms with Gasteiger partial charge in [0.25, 0.3) is 5.91 Å². The predicted molar refractivity (Wildman–Crippen MR) is 84.0 cm³/mol. The van der Waals surface area contributed by atoms with E-state index in [4.69, 9.17) is 0 Å². The number of nitrogens with one attached hydrogen (secondary N) is 1. The quantitative estimate of drug-likeness (QED) is 0.887. The summed E-state index contributed by atoms with van der Waals surface area (Å²) in [7, 11) is -3.62. The number of sulfonamides is 1. The number of halogens is 1. The molecule has 0 spiro atoms. The van der Waals surface area contributed by atoms with E-state index in [1.165, 1.54) is 16.4 Å². The van der Waals surface area contributed by atoms with E-state index in [2.05, 4.69) is 5.32 Å². The highest BCUT2D eigenvalue weighted by Crippen LogP contribution is 2.31. The molecule has 1 aromatic carbocycles. The number of nitrogens with zero attached hydrogens (tertiary/aromatic N) is 1. The molecule has 1 aliphatic heterocycles. The van der Waals surface area contributed by atoms with Gasteiger partial charge in [-0.05, 0) is 30.9 Å². The number of piperidine rings is 1. The molecule has 1 saturated heterocycles. The normalized spacial score (nSPS) is 21.8. The van der Waals surface area contributed by atoms with Gasteiger partial charge >= 0.3 is 0 Å². The number of hydrogen-bond acceptors (Lipinski definition) is 3. The Morgan fingerprint density at radius 1 is 1.22 bits per heavy atom. The molecule has 0 bridgehead atoms. The summed E-state index contributed by atoms with van der Waals surface area (Å²) < 4.78 is 41.0. The zero-order valence-electron chi connectivity index (χ0n) is 12.9. The van der Waals surface area contributed by atoms with Gasteiger partial charge in [0, 0.05) is 32.5 Å². The average molecular weight is 340 g/mol. The lowest BCUT2D eigenvalue weighted by Crippen LogP contribution is -2.52. The van der Waals surface area contributed by atoms with Gasteiger partial charge in [-0.3, -0.25) is 4.79 Å². The van der Waals surface area contributed by atoms with E-state index in [0.29, 0.717) is 12.5 Å². The van der Waals surface area contributed by atoms with E-state index in [1.807, 2.05) is 0 Å². The van der Waals surface area contributed by atoms with Crippen LogP contribution >= 0.6 is 0 Å². The molecule has 0 atom stereocenters.